The molecule has 1 aromatic heterocycles. The third kappa shape index (κ3) is 3.13. The number of likely N-dealkylation sites (N-methyl/N-ethyl adjacent to an activating group) is 1. The number of aromatic amines is 1. The molecule has 0 saturated heterocycles. The van der Waals surface area contributed by atoms with Crippen LogP contribution in [-0.2, 0) is 4.79 Å². The molecule has 102 valence electrons. The summed E-state index contributed by atoms with van der Waals surface area (Å²) < 4.78 is 0. The van der Waals surface area contributed by atoms with Crippen LogP contribution in [0.3, 0.4) is 0 Å². The van der Waals surface area contributed by atoms with Gasteiger partial charge in [-0.15, -0.1) is 0 Å². The lowest BCUT2D eigenvalue weighted by molar-refractivity contribution is -0.139. The number of aliphatic carboxylic acids is 1. The van der Waals surface area contributed by atoms with E-state index in [2.05, 4.69) is 10.3 Å². The van der Waals surface area contributed by atoms with E-state index in [9.17, 15) is 9.90 Å². The molecule has 3 N–H and O–H groups in total. The number of hydrogen-bond acceptors (Lipinski definition) is 3. The van der Waals surface area contributed by atoms with E-state index in [0.29, 0.717) is 6.54 Å². The molecule has 1 heterocycles. The first-order valence-corrected chi connectivity index (χ1v) is 6.26. The average molecular weight is 261 g/mol. The van der Waals surface area contributed by atoms with Crippen molar-refractivity contribution in [2.45, 2.75) is 6.04 Å². The van der Waals surface area contributed by atoms with Gasteiger partial charge in [0.25, 0.3) is 0 Å². The molecule has 5 nitrogen and oxygen atoms in total. The minimum atomic E-state index is -0.858. The number of rotatable bonds is 6. The molecule has 0 spiro atoms. The second-order valence-electron chi connectivity index (χ2n) is 4.82. The Morgan fingerprint density at radius 2 is 2.16 bits per heavy atom. The van der Waals surface area contributed by atoms with E-state index < -0.39 is 12.0 Å². The lowest BCUT2D eigenvalue weighted by Gasteiger charge is -2.16. The molecule has 1 aromatic carbocycles. The van der Waals surface area contributed by atoms with Gasteiger partial charge in [-0.05, 0) is 20.2 Å². The summed E-state index contributed by atoms with van der Waals surface area (Å²) in [6.07, 6.45) is 1.77. The van der Waals surface area contributed by atoms with E-state index in [0.717, 1.165) is 23.0 Å². The fraction of sp³-hybridized carbons (Fsp3) is 0.357. The van der Waals surface area contributed by atoms with Crippen LogP contribution < -0.4 is 5.32 Å². The normalized spacial score (nSPS) is 13.0. The number of aromatic nitrogens is 1. The van der Waals surface area contributed by atoms with Gasteiger partial charge in [-0.2, -0.15) is 0 Å². The highest BCUT2D eigenvalue weighted by Crippen LogP contribution is 2.24. The molecule has 0 amide bonds. The summed E-state index contributed by atoms with van der Waals surface area (Å²) >= 11 is 0. The Balaban J connectivity index is 2.21. The van der Waals surface area contributed by atoms with Crippen LogP contribution in [0, 0.1) is 0 Å². The summed E-state index contributed by atoms with van der Waals surface area (Å²) in [5, 5.41) is 13.4. The molecule has 2 rings (SSSR count). The molecule has 5 heteroatoms. The maximum absolute atomic E-state index is 11.4. The monoisotopic (exact) mass is 261 g/mol. The highest BCUT2D eigenvalue weighted by Gasteiger charge is 2.22. The Morgan fingerprint density at radius 3 is 2.84 bits per heavy atom. The Hall–Kier alpha value is -1.85. The zero-order valence-electron chi connectivity index (χ0n) is 11.2. The molecule has 2 aromatic rings. The third-order valence-electron chi connectivity index (χ3n) is 3.09. The van der Waals surface area contributed by atoms with Gasteiger partial charge in [-0.1, -0.05) is 18.2 Å². The predicted octanol–water partition coefficient (Wildman–Crippen LogP) is 1.44. The lowest BCUT2D eigenvalue weighted by Crippen LogP contribution is -2.33. The van der Waals surface area contributed by atoms with Crippen molar-refractivity contribution in [3.63, 3.8) is 0 Å². The number of benzene rings is 1. The summed E-state index contributed by atoms with van der Waals surface area (Å²) in [4.78, 5) is 16.6. The Kier molecular flexibility index (Phi) is 4.19. The number of carboxylic acid groups (broad SMARTS) is 1. The Morgan fingerprint density at radius 1 is 1.42 bits per heavy atom. The minimum Gasteiger partial charge on any atom is -0.480 e. The van der Waals surface area contributed by atoms with Crippen molar-refractivity contribution in [1.82, 2.24) is 15.2 Å². The molecule has 0 fully saturated rings. The van der Waals surface area contributed by atoms with E-state index in [1.165, 1.54) is 0 Å². The second-order valence-corrected chi connectivity index (χ2v) is 4.82. The maximum Gasteiger partial charge on any atom is 0.325 e. The van der Waals surface area contributed by atoms with Crippen molar-refractivity contribution >= 4 is 16.9 Å². The average Bonchev–Trinajstić information content (AvgIpc) is 2.77. The minimum absolute atomic E-state index is 0.628. The Bertz CT molecular complexity index is 563. The molecular weight excluding hydrogens is 242 g/mol. The molecule has 0 saturated carbocycles. The molecule has 0 bridgehead atoms. The molecule has 0 aliphatic heterocycles. The highest BCUT2D eigenvalue weighted by atomic mass is 16.4. The van der Waals surface area contributed by atoms with Crippen LogP contribution in [0.5, 0.6) is 0 Å². The van der Waals surface area contributed by atoms with Crippen molar-refractivity contribution in [3.8, 4) is 0 Å². The number of nitrogens with one attached hydrogen (secondary N) is 2. The summed E-state index contributed by atoms with van der Waals surface area (Å²) in [6, 6.07) is 7.04. The van der Waals surface area contributed by atoms with Crippen molar-refractivity contribution in [2.24, 2.45) is 0 Å². The predicted molar refractivity (Wildman–Crippen MR) is 75.2 cm³/mol. The van der Waals surface area contributed by atoms with Gasteiger partial charge in [-0.3, -0.25) is 10.1 Å². The maximum atomic E-state index is 11.4. The SMILES string of the molecule is CN(C)CCNC(C(=O)O)c1c[nH]c2ccccc12. The van der Waals surface area contributed by atoms with Crippen LogP contribution in [0.25, 0.3) is 10.9 Å². The number of carboxylic acids is 1. The van der Waals surface area contributed by atoms with Gasteiger partial charge >= 0.3 is 5.97 Å². The number of para-hydroxylation sites is 1. The molecule has 0 aliphatic rings. The van der Waals surface area contributed by atoms with Crippen LogP contribution in [0.4, 0.5) is 0 Å². The first-order valence-electron chi connectivity index (χ1n) is 6.26. The van der Waals surface area contributed by atoms with Crippen LogP contribution in [0.1, 0.15) is 11.6 Å². The number of nitrogens with zero attached hydrogens (tertiary/aromatic N) is 1. The van der Waals surface area contributed by atoms with E-state index in [1.807, 2.05) is 43.3 Å². The second kappa shape index (κ2) is 5.86. The quantitative estimate of drug-likeness (QED) is 0.736. The van der Waals surface area contributed by atoms with Gasteiger partial charge in [0.1, 0.15) is 6.04 Å². The first-order chi connectivity index (χ1) is 9.09. The fourth-order valence-electron chi connectivity index (χ4n) is 2.10. The highest BCUT2D eigenvalue weighted by molar-refractivity contribution is 5.89. The van der Waals surface area contributed by atoms with Gasteiger partial charge in [-0.25, -0.2) is 0 Å². The van der Waals surface area contributed by atoms with E-state index in [-0.39, 0.29) is 0 Å². The molecule has 0 radical (unpaired) electrons. The van der Waals surface area contributed by atoms with Gasteiger partial charge in [0, 0.05) is 35.8 Å². The summed E-state index contributed by atoms with van der Waals surface area (Å²) in [5.41, 5.74) is 1.74. The molecule has 0 aliphatic carbocycles. The van der Waals surface area contributed by atoms with Gasteiger partial charge in [0.15, 0.2) is 0 Å². The lowest BCUT2D eigenvalue weighted by atomic mass is 10.1. The van der Waals surface area contributed by atoms with Crippen molar-refractivity contribution in [2.75, 3.05) is 27.2 Å². The number of H-pyrrole nitrogens is 1. The molecule has 1 atom stereocenters. The Labute approximate surface area is 112 Å². The van der Waals surface area contributed by atoms with Crippen molar-refractivity contribution < 1.29 is 9.90 Å². The number of hydrogen-bond donors (Lipinski definition) is 3. The van der Waals surface area contributed by atoms with Crippen LogP contribution in [0.15, 0.2) is 30.5 Å². The van der Waals surface area contributed by atoms with E-state index in [4.69, 9.17) is 0 Å². The van der Waals surface area contributed by atoms with Crippen LogP contribution in [0.2, 0.25) is 0 Å². The zero-order chi connectivity index (χ0) is 13.8. The topological polar surface area (TPSA) is 68.4 Å². The first kappa shape index (κ1) is 13.6. The van der Waals surface area contributed by atoms with Crippen molar-refractivity contribution in [1.29, 1.82) is 0 Å². The number of carbonyl (C=O) groups is 1. The largest absolute Gasteiger partial charge is 0.480 e. The van der Waals surface area contributed by atoms with Gasteiger partial charge < -0.3 is 15.0 Å². The van der Waals surface area contributed by atoms with Gasteiger partial charge in [0.05, 0.1) is 0 Å². The summed E-state index contributed by atoms with van der Waals surface area (Å²) in [5.74, 6) is -0.858. The summed E-state index contributed by atoms with van der Waals surface area (Å²) in [6.45, 7) is 1.43. The standard InChI is InChI=1S/C14H19N3O2/c1-17(2)8-7-15-13(14(18)19)11-9-16-12-6-4-3-5-10(11)12/h3-6,9,13,15-16H,7-8H2,1-2H3,(H,18,19). The van der Waals surface area contributed by atoms with Crippen LogP contribution in [-0.4, -0.2) is 48.1 Å². The zero-order valence-corrected chi connectivity index (χ0v) is 11.2. The van der Waals surface area contributed by atoms with E-state index >= 15 is 0 Å². The number of fused-ring (bicyclic) bond motifs is 1. The van der Waals surface area contributed by atoms with Crippen molar-refractivity contribution in [3.05, 3.63) is 36.0 Å². The smallest absolute Gasteiger partial charge is 0.325 e. The fourth-order valence-corrected chi connectivity index (χ4v) is 2.10. The van der Waals surface area contributed by atoms with Crippen LogP contribution >= 0.6 is 0 Å². The third-order valence-corrected chi connectivity index (χ3v) is 3.09. The molecule has 1 unspecified atom stereocenters. The van der Waals surface area contributed by atoms with Gasteiger partial charge in [0.2, 0.25) is 0 Å². The molecular formula is C14H19N3O2. The molecule has 19 heavy (non-hydrogen) atoms. The summed E-state index contributed by atoms with van der Waals surface area (Å²) in [7, 11) is 3.92. The van der Waals surface area contributed by atoms with E-state index in [1.54, 1.807) is 6.20 Å².